The molecule has 1 aliphatic rings. The molecule has 24 heavy (non-hydrogen) atoms. The Bertz CT molecular complexity index is 534. The van der Waals surface area contributed by atoms with Gasteiger partial charge in [-0.05, 0) is 37.6 Å². The highest BCUT2D eigenvalue weighted by molar-refractivity contribution is 5.79. The number of likely N-dealkylation sites (N-methyl/N-ethyl adjacent to an activating group) is 1. The maximum atomic E-state index is 4.54. The van der Waals surface area contributed by atoms with Crippen LogP contribution in [-0.2, 0) is 6.54 Å². The van der Waals surface area contributed by atoms with Crippen LogP contribution in [0.3, 0.4) is 0 Å². The largest absolute Gasteiger partial charge is 0.354 e. The van der Waals surface area contributed by atoms with Crippen LogP contribution in [0.1, 0.15) is 26.3 Å². The summed E-state index contributed by atoms with van der Waals surface area (Å²) in [6, 6.07) is 4.62. The van der Waals surface area contributed by atoms with E-state index in [4.69, 9.17) is 0 Å². The number of anilines is 1. The summed E-state index contributed by atoms with van der Waals surface area (Å²) >= 11 is 0. The zero-order valence-electron chi connectivity index (χ0n) is 15.7. The summed E-state index contributed by atoms with van der Waals surface area (Å²) in [5.74, 6) is 2.48. The van der Waals surface area contributed by atoms with Gasteiger partial charge in [-0.3, -0.25) is 4.99 Å². The molecule has 0 bridgehead atoms. The van der Waals surface area contributed by atoms with E-state index in [0.717, 1.165) is 44.5 Å². The van der Waals surface area contributed by atoms with E-state index in [9.17, 15) is 0 Å². The average molecular weight is 332 g/mol. The zero-order valence-corrected chi connectivity index (χ0v) is 15.7. The van der Waals surface area contributed by atoms with Crippen molar-refractivity contribution in [2.75, 3.05) is 45.2 Å². The second-order valence-corrected chi connectivity index (χ2v) is 6.92. The Kier molecular flexibility index (Phi) is 6.85. The lowest BCUT2D eigenvalue weighted by Crippen LogP contribution is -2.45. The van der Waals surface area contributed by atoms with Gasteiger partial charge in [0.2, 0.25) is 0 Å². The molecule has 0 spiro atoms. The Balaban J connectivity index is 1.92. The predicted octanol–water partition coefficient (Wildman–Crippen LogP) is 1.54. The Morgan fingerprint density at radius 1 is 1.25 bits per heavy atom. The van der Waals surface area contributed by atoms with Crippen LogP contribution in [0.2, 0.25) is 0 Å². The fourth-order valence-corrected chi connectivity index (χ4v) is 2.54. The molecule has 134 valence electrons. The lowest BCUT2D eigenvalue weighted by molar-refractivity contribution is 0.312. The van der Waals surface area contributed by atoms with Gasteiger partial charge in [-0.1, -0.05) is 13.8 Å². The third kappa shape index (κ3) is 5.37. The molecule has 0 amide bonds. The smallest absolute Gasteiger partial charge is 0.191 e. The van der Waals surface area contributed by atoms with E-state index in [-0.39, 0.29) is 0 Å². The van der Waals surface area contributed by atoms with Gasteiger partial charge in [0.1, 0.15) is 5.82 Å². The third-order valence-corrected chi connectivity index (χ3v) is 4.69. The van der Waals surface area contributed by atoms with Crippen molar-refractivity contribution in [1.29, 1.82) is 0 Å². The highest BCUT2D eigenvalue weighted by Gasteiger charge is 2.15. The van der Waals surface area contributed by atoms with E-state index in [0.29, 0.717) is 12.0 Å². The van der Waals surface area contributed by atoms with Gasteiger partial charge in [0.25, 0.3) is 0 Å². The molecule has 1 aromatic heterocycles. The molecule has 6 nitrogen and oxygen atoms in total. The number of piperazine rings is 1. The summed E-state index contributed by atoms with van der Waals surface area (Å²) in [4.78, 5) is 13.6. The SMILES string of the molecule is CN=C(NCc1ccnc(N2CCN(C)CC2)c1)NC(C)C(C)C. The second-order valence-electron chi connectivity index (χ2n) is 6.92. The highest BCUT2D eigenvalue weighted by atomic mass is 15.3. The Hall–Kier alpha value is -1.82. The monoisotopic (exact) mass is 332 g/mol. The predicted molar refractivity (Wildman–Crippen MR) is 102 cm³/mol. The van der Waals surface area contributed by atoms with Crippen LogP contribution in [-0.4, -0.2) is 62.2 Å². The van der Waals surface area contributed by atoms with E-state index in [1.54, 1.807) is 0 Å². The number of pyridine rings is 1. The van der Waals surface area contributed by atoms with Crippen molar-refractivity contribution in [3.8, 4) is 0 Å². The standard InChI is InChI=1S/C18H32N6/c1-14(2)15(3)22-18(19-4)21-13-16-6-7-20-17(12-16)24-10-8-23(5)9-11-24/h6-7,12,14-15H,8-11,13H2,1-5H3,(H2,19,21,22). The van der Waals surface area contributed by atoms with Gasteiger partial charge in [0, 0.05) is 52.0 Å². The zero-order chi connectivity index (χ0) is 17.5. The molecule has 1 saturated heterocycles. The fourth-order valence-electron chi connectivity index (χ4n) is 2.54. The first kappa shape index (κ1) is 18.5. The third-order valence-electron chi connectivity index (χ3n) is 4.69. The van der Waals surface area contributed by atoms with Gasteiger partial charge in [-0.25, -0.2) is 4.98 Å². The number of guanidine groups is 1. The van der Waals surface area contributed by atoms with Gasteiger partial charge >= 0.3 is 0 Å². The van der Waals surface area contributed by atoms with Gasteiger partial charge in [0.05, 0.1) is 0 Å². The first-order valence-corrected chi connectivity index (χ1v) is 8.85. The summed E-state index contributed by atoms with van der Waals surface area (Å²) in [5, 5.41) is 6.82. The number of aromatic nitrogens is 1. The molecule has 1 fully saturated rings. The summed E-state index contributed by atoms with van der Waals surface area (Å²) in [5.41, 5.74) is 1.22. The molecule has 6 heteroatoms. The number of rotatable bonds is 5. The fraction of sp³-hybridized carbons (Fsp3) is 0.667. The summed E-state index contributed by atoms with van der Waals surface area (Å²) < 4.78 is 0. The molecule has 2 N–H and O–H groups in total. The van der Waals surface area contributed by atoms with Crippen molar-refractivity contribution in [2.45, 2.75) is 33.4 Å². The Labute approximate surface area is 146 Å². The Morgan fingerprint density at radius 2 is 1.96 bits per heavy atom. The number of aliphatic imine (C=N–C) groups is 1. The minimum Gasteiger partial charge on any atom is -0.354 e. The molecule has 1 atom stereocenters. The molecular weight excluding hydrogens is 300 g/mol. The maximum Gasteiger partial charge on any atom is 0.191 e. The molecule has 2 heterocycles. The minimum atomic E-state index is 0.384. The Morgan fingerprint density at radius 3 is 2.58 bits per heavy atom. The minimum absolute atomic E-state index is 0.384. The maximum absolute atomic E-state index is 4.54. The van der Waals surface area contributed by atoms with E-state index in [2.05, 4.69) is 70.4 Å². The summed E-state index contributed by atoms with van der Waals surface area (Å²) in [7, 11) is 3.98. The quantitative estimate of drug-likeness (QED) is 0.633. The topological polar surface area (TPSA) is 55.8 Å². The molecule has 0 aliphatic carbocycles. The van der Waals surface area contributed by atoms with Crippen molar-refractivity contribution < 1.29 is 0 Å². The van der Waals surface area contributed by atoms with Gasteiger partial charge in [-0.15, -0.1) is 0 Å². The molecule has 0 saturated carbocycles. The van der Waals surface area contributed by atoms with Crippen LogP contribution in [0.4, 0.5) is 5.82 Å². The molecule has 0 aromatic carbocycles. The molecule has 1 aromatic rings. The van der Waals surface area contributed by atoms with Crippen molar-refractivity contribution in [2.24, 2.45) is 10.9 Å². The van der Waals surface area contributed by atoms with Gasteiger partial charge in [0.15, 0.2) is 5.96 Å². The van der Waals surface area contributed by atoms with Crippen LogP contribution < -0.4 is 15.5 Å². The lowest BCUT2D eigenvalue weighted by atomic mass is 10.1. The van der Waals surface area contributed by atoms with Crippen LogP contribution >= 0.6 is 0 Å². The van der Waals surface area contributed by atoms with Crippen molar-refractivity contribution in [3.63, 3.8) is 0 Å². The van der Waals surface area contributed by atoms with Crippen molar-refractivity contribution in [3.05, 3.63) is 23.9 Å². The second kappa shape index (κ2) is 8.87. The van der Waals surface area contributed by atoms with E-state index < -0.39 is 0 Å². The lowest BCUT2D eigenvalue weighted by Gasteiger charge is -2.33. The molecule has 1 unspecified atom stereocenters. The number of nitrogens with zero attached hydrogens (tertiary/aromatic N) is 4. The van der Waals surface area contributed by atoms with Gasteiger partial charge < -0.3 is 20.4 Å². The molecular formula is C18H32N6. The van der Waals surface area contributed by atoms with Crippen molar-refractivity contribution in [1.82, 2.24) is 20.5 Å². The molecule has 1 aliphatic heterocycles. The first-order valence-electron chi connectivity index (χ1n) is 8.85. The van der Waals surface area contributed by atoms with E-state index in [1.807, 2.05) is 13.2 Å². The number of hydrogen-bond acceptors (Lipinski definition) is 4. The van der Waals surface area contributed by atoms with Crippen LogP contribution in [0.25, 0.3) is 0 Å². The summed E-state index contributed by atoms with van der Waals surface area (Å²) in [6.45, 7) is 11.6. The van der Waals surface area contributed by atoms with Crippen LogP contribution in [0.5, 0.6) is 0 Å². The normalized spacial score (nSPS) is 17.9. The van der Waals surface area contributed by atoms with E-state index >= 15 is 0 Å². The summed E-state index contributed by atoms with van der Waals surface area (Å²) in [6.07, 6.45) is 1.90. The average Bonchev–Trinajstić information content (AvgIpc) is 2.59. The van der Waals surface area contributed by atoms with Crippen molar-refractivity contribution >= 4 is 11.8 Å². The van der Waals surface area contributed by atoms with E-state index in [1.165, 1.54) is 5.56 Å². The van der Waals surface area contributed by atoms with Gasteiger partial charge in [-0.2, -0.15) is 0 Å². The first-order chi connectivity index (χ1) is 11.5. The number of hydrogen-bond donors (Lipinski definition) is 2. The van der Waals surface area contributed by atoms with Crippen LogP contribution in [0.15, 0.2) is 23.3 Å². The molecule has 2 rings (SSSR count). The molecule has 0 radical (unpaired) electrons. The van der Waals surface area contributed by atoms with Crippen LogP contribution in [0, 0.1) is 5.92 Å². The highest BCUT2D eigenvalue weighted by Crippen LogP contribution is 2.14. The number of nitrogens with one attached hydrogen (secondary N) is 2.